The number of halogens is 3. The number of hydrogen-bond donors (Lipinski definition) is 1. The Kier molecular flexibility index (Phi) is 3.61. The van der Waals surface area contributed by atoms with Gasteiger partial charge in [0.15, 0.2) is 22.4 Å². The molecule has 0 spiro atoms. The van der Waals surface area contributed by atoms with Gasteiger partial charge in [0, 0.05) is 17.1 Å². The van der Waals surface area contributed by atoms with E-state index in [0.717, 1.165) is 17.8 Å². The Hall–Kier alpha value is -2.35. The van der Waals surface area contributed by atoms with Crippen molar-refractivity contribution in [2.75, 3.05) is 5.32 Å². The van der Waals surface area contributed by atoms with E-state index in [0.29, 0.717) is 10.7 Å². The molecular formula is C14H10F3N3OS. The zero-order chi connectivity index (χ0) is 15.9. The molecule has 8 heteroatoms. The molecule has 0 atom stereocenters. The zero-order valence-corrected chi connectivity index (χ0v) is 12.2. The van der Waals surface area contributed by atoms with Crippen molar-refractivity contribution in [2.45, 2.75) is 13.5 Å². The SMILES string of the molecule is Cc1csc2nc(CNc3ccc(F)c(F)c3F)cc(=O)n12. The second-order valence-corrected chi connectivity index (χ2v) is 5.49. The Morgan fingerprint density at radius 1 is 1.27 bits per heavy atom. The standard InChI is InChI=1S/C14H10F3N3OS/c1-7-6-22-14-19-8(4-11(21)20(7)14)5-18-10-3-2-9(15)12(16)13(10)17/h2-4,6,18H,5H2,1H3. The normalized spacial score (nSPS) is 11.1. The smallest absolute Gasteiger partial charge is 0.259 e. The summed E-state index contributed by atoms with van der Waals surface area (Å²) in [7, 11) is 0. The van der Waals surface area contributed by atoms with E-state index in [2.05, 4.69) is 10.3 Å². The Balaban J connectivity index is 1.88. The molecule has 0 aliphatic rings. The highest BCUT2D eigenvalue weighted by Crippen LogP contribution is 2.20. The van der Waals surface area contributed by atoms with Crippen molar-refractivity contribution in [2.24, 2.45) is 0 Å². The number of fused-ring (bicyclic) bond motifs is 1. The molecule has 1 aromatic carbocycles. The number of aromatic nitrogens is 2. The fourth-order valence-corrected chi connectivity index (χ4v) is 2.93. The molecule has 114 valence electrons. The summed E-state index contributed by atoms with van der Waals surface area (Å²) in [5, 5.41) is 4.41. The van der Waals surface area contributed by atoms with Gasteiger partial charge in [0.1, 0.15) is 0 Å². The Morgan fingerprint density at radius 3 is 2.82 bits per heavy atom. The minimum atomic E-state index is -1.54. The summed E-state index contributed by atoms with van der Waals surface area (Å²) >= 11 is 1.31. The van der Waals surface area contributed by atoms with Gasteiger partial charge in [-0.15, -0.1) is 11.3 Å². The van der Waals surface area contributed by atoms with Crippen molar-refractivity contribution in [3.8, 4) is 0 Å². The molecule has 0 amide bonds. The molecule has 0 saturated heterocycles. The lowest BCUT2D eigenvalue weighted by molar-refractivity contribution is 0.449. The lowest BCUT2D eigenvalue weighted by Gasteiger charge is -2.08. The Morgan fingerprint density at radius 2 is 2.05 bits per heavy atom. The molecule has 0 aliphatic carbocycles. The van der Waals surface area contributed by atoms with E-state index in [-0.39, 0.29) is 17.8 Å². The van der Waals surface area contributed by atoms with Crippen molar-refractivity contribution < 1.29 is 13.2 Å². The molecule has 2 aromatic heterocycles. The van der Waals surface area contributed by atoms with Crippen LogP contribution in [0.4, 0.5) is 18.9 Å². The van der Waals surface area contributed by atoms with Crippen LogP contribution in [-0.4, -0.2) is 9.38 Å². The summed E-state index contributed by atoms with van der Waals surface area (Å²) in [6.45, 7) is 1.81. The molecule has 3 rings (SSSR count). The summed E-state index contributed by atoms with van der Waals surface area (Å²) in [6.07, 6.45) is 0. The van der Waals surface area contributed by atoms with Crippen LogP contribution in [0.15, 0.2) is 28.4 Å². The van der Waals surface area contributed by atoms with E-state index in [4.69, 9.17) is 0 Å². The third-order valence-electron chi connectivity index (χ3n) is 3.12. The van der Waals surface area contributed by atoms with Crippen LogP contribution in [-0.2, 0) is 6.54 Å². The maximum atomic E-state index is 13.5. The van der Waals surface area contributed by atoms with E-state index in [1.165, 1.54) is 21.8 Å². The molecular weight excluding hydrogens is 315 g/mol. The molecule has 1 N–H and O–H groups in total. The summed E-state index contributed by atoms with van der Waals surface area (Å²) < 4.78 is 41.0. The third kappa shape index (κ3) is 2.45. The highest BCUT2D eigenvalue weighted by Gasteiger charge is 2.13. The number of nitrogens with one attached hydrogen (secondary N) is 1. The largest absolute Gasteiger partial charge is 0.377 e. The average Bonchev–Trinajstić information content (AvgIpc) is 2.86. The molecule has 2 heterocycles. The molecule has 4 nitrogen and oxygen atoms in total. The Bertz CT molecular complexity index is 920. The second kappa shape index (κ2) is 5.45. The van der Waals surface area contributed by atoms with Crippen molar-refractivity contribution in [3.05, 3.63) is 62.8 Å². The molecule has 0 fully saturated rings. The fourth-order valence-electron chi connectivity index (χ4n) is 2.04. The van der Waals surface area contributed by atoms with E-state index in [1.807, 2.05) is 0 Å². The number of aryl methyl sites for hydroxylation is 1. The minimum Gasteiger partial charge on any atom is -0.377 e. The van der Waals surface area contributed by atoms with Crippen LogP contribution in [0.3, 0.4) is 0 Å². The van der Waals surface area contributed by atoms with Gasteiger partial charge in [0.25, 0.3) is 5.56 Å². The van der Waals surface area contributed by atoms with Crippen LogP contribution < -0.4 is 10.9 Å². The van der Waals surface area contributed by atoms with Crippen LogP contribution in [0, 0.1) is 24.4 Å². The first-order valence-corrected chi connectivity index (χ1v) is 7.19. The highest BCUT2D eigenvalue weighted by molar-refractivity contribution is 7.15. The van der Waals surface area contributed by atoms with E-state index >= 15 is 0 Å². The van der Waals surface area contributed by atoms with E-state index < -0.39 is 17.5 Å². The molecule has 0 aliphatic heterocycles. The van der Waals surface area contributed by atoms with Crippen LogP contribution >= 0.6 is 11.3 Å². The molecule has 0 bridgehead atoms. The lowest BCUT2D eigenvalue weighted by Crippen LogP contribution is -2.16. The lowest BCUT2D eigenvalue weighted by atomic mass is 10.2. The predicted octanol–water partition coefficient (Wildman–Crippen LogP) is 3.09. The average molecular weight is 325 g/mol. The number of anilines is 1. The molecule has 0 unspecified atom stereocenters. The van der Waals surface area contributed by atoms with Crippen molar-refractivity contribution in [1.29, 1.82) is 0 Å². The second-order valence-electron chi connectivity index (χ2n) is 4.66. The number of nitrogens with zero attached hydrogens (tertiary/aromatic N) is 2. The molecule has 0 saturated carbocycles. The number of rotatable bonds is 3. The van der Waals surface area contributed by atoms with Crippen molar-refractivity contribution in [1.82, 2.24) is 9.38 Å². The van der Waals surface area contributed by atoms with Gasteiger partial charge < -0.3 is 5.32 Å². The fraction of sp³-hybridized carbons (Fsp3) is 0.143. The monoisotopic (exact) mass is 325 g/mol. The Labute approximate surface area is 126 Å². The first-order valence-electron chi connectivity index (χ1n) is 6.31. The maximum Gasteiger partial charge on any atom is 0.259 e. The highest BCUT2D eigenvalue weighted by atomic mass is 32.1. The quantitative estimate of drug-likeness (QED) is 0.753. The van der Waals surface area contributed by atoms with Gasteiger partial charge in [0.05, 0.1) is 17.9 Å². The minimum absolute atomic E-state index is 0.0185. The van der Waals surface area contributed by atoms with Crippen molar-refractivity contribution >= 4 is 22.0 Å². The van der Waals surface area contributed by atoms with Crippen LogP contribution in [0.2, 0.25) is 0 Å². The number of hydrogen-bond acceptors (Lipinski definition) is 4. The van der Waals surface area contributed by atoms with Gasteiger partial charge in [-0.3, -0.25) is 9.20 Å². The predicted molar refractivity (Wildman–Crippen MR) is 77.7 cm³/mol. The third-order valence-corrected chi connectivity index (χ3v) is 4.07. The zero-order valence-electron chi connectivity index (χ0n) is 11.4. The van der Waals surface area contributed by atoms with Gasteiger partial charge >= 0.3 is 0 Å². The molecule has 0 radical (unpaired) electrons. The van der Waals surface area contributed by atoms with Gasteiger partial charge in [-0.25, -0.2) is 18.2 Å². The van der Waals surface area contributed by atoms with Crippen molar-refractivity contribution in [3.63, 3.8) is 0 Å². The van der Waals surface area contributed by atoms with E-state index in [9.17, 15) is 18.0 Å². The first kappa shape index (κ1) is 14.6. The number of benzene rings is 1. The van der Waals surface area contributed by atoms with Crippen LogP contribution in [0.5, 0.6) is 0 Å². The topological polar surface area (TPSA) is 46.4 Å². The molecule has 3 aromatic rings. The van der Waals surface area contributed by atoms with Gasteiger partial charge in [0.2, 0.25) is 0 Å². The van der Waals surface area contributed by atoms with Crippen LogP contribution in [0.25, 0.3) is 4.96 Å². The summed E-state index contributed by atoms with van der Waals surface area (Å²) in [5.41, 5.74) is 0.731. The summed E-state index contributed by atoms with van der Waals surface area (Å²) in [6, 6.07) is 3.24. The van der Waals surface area contributed by atoms with Crippen LogP contribution in [0.1, 0.15) is 11.4 Å². The molecule has 22 heavy (non-hydrogen) atoms. The summed E-state index contributed by atoms with van der Waals surface area (Å²) in [4.78, 5) is 16.8. The summed E-state index contributed by atoms with van der Waals surface area (Å²) in [5.74, 6) is -4.10. The number of thiazole rings is 1. The van der Waals surface area contributed by atoms with Gasteiger partial charge in [-0.1, -0.05) is 0 Å². The van der Waals surface area contributed by atoms with E-state index in [1.54, 1.807) is 12.3 Å². The van der Waals surface area contributed by atoms with Gasteiger partial charge in [-0.2, -0.15) is 0 Å². The first-order chi connectivity index (χ1) is 10.5. The van der Waals surface area contributed by atoms with Gasteiger partial charge in [-0.05, 0) is 19.1 Å². The maximum absolute atomic E-state index is 13.5.